The summed E-state index contributed by atoms with van der Waals surface area (Å²) in [6.45, 7) is 3.04. The summed E-state index contributed by atoms with van der Waals surface area (Å²) in [6.07, 6.45) is 5.56. The molecule has 13 heteroatoms. The molecule has 2 heterocycles. The number of aromatic nitrogens is 3. The summed E-state index contributed by atoms with van der Waals surface area (Å²) in [5, 5.41) is 4.30. The minimum Gasteiger partial charge on any atom is -0.440 e. The Morgan fingerprint density at radius 2 is 2.09 bits per heavy atom. The quantitative estimate of drug-likeness (QED) is 0.131. The fourth-order valence-corrected chi connectivity index (χ4v) is 6.01. The second-order valence-corrected chi connectivity index (χ2v) is 12.1. The molecule has 0 aliphatic rings. The maximum absolute atomic E-state index is 13.0. The van der Waals surface area contributed by atoms with Crippen LogP contribution in [0.25, 0.3) is 0 Å². The van der Waals surface area contributed by atoms with Crippen LogP contribution in [0, 0.1) is 6.92 Å². The summed E-state index contributed by atoms with van der Waals surface area (Å²) < 4.78 is 31.1. The lowest BCUT2D eigenvalue weighted by atomic mass is 10.4. The van der Waals surface area contributed by atoms with Crippen molar-refractivity contribution >= 4 is 62.4 Å². The summed E-state index contributed by atoms with van der Waals surface area (Å²) in [6, 6.07) is 4.30. The van der Waals surface area contributed by atoms with Crippen molar-refractivity contribution in [2.24, 2.45) is 4.99 Å². The largest absolute Gasteiger partial charge is 0.440 e. The van der Waals surface area contributed by atoms with Crippen molar-refractivity contribution in [3.63, 3.8) is 0 Å². The lowest BCUT2D eigenvalue weighted by Crippen LogP contribution is -2.32. The number of hydrogen-bond donors (Lipinski definition) is 2. The van der Waals surface area contributed by atoms with Gasteiger partial charge in [0.05, 0.1) is 33.2 Å². The molecular formula is C21H25Cl2N5O3S3. The first kappa shape index (κ1) is 26.9. The number of hydrogen-bond acceptors (Lipinski definition) is 8. The molecular weight excluding hydrogens is 537 g/mol. The fraction of sp³-hybridized carbons (Fsp3) is 0.381. The number of benzene rings is 1. The van der Waals surface area contributed by atoms with Gasteiger partial charge in [-0.15, -0.1) is 0 Å². The van der Waals surface area contributed by atoms with Gasteiger partial charge < -0.3 is 14.7 Å². The van der Waals surface area contributed by atoms with E-state index in [2.05, 4.69) is 25.3 Å². The van der Waals surface area contributed by atoms with E-state index in [1.807, 2.05) is 6.92 Å². The van der Waals surface area contributed by atoms with Crippen molar-refractivity contribution in [2.75, 3.05) is 30.3 Å². The molecule has 0 saturated heterocycles. The third-order valence-corrected chi connectivity index (χ3v) is 8.84. The third-order valence-electron chi connectivity index (χ3n) is 4.57. The van der Waals surface area contributed by atoms with Crippen LogP contribution in [-0.4, -0.2) is 59.6 Å². The van der Waals surface area contributed by atoms with Gasteiger partial charge in [-0.1, -0.05) is 35.0 Å². The van der Waals surface area contributed by atoms with Gasteiger partial charge in [-0.25, -0.2) is 18.4 Å². The monoisotopic (exact) mass is 561 g/mol. The van der Waals surface area contributed by atoms with Gasteiger partial charge in [0, 0.05) is 36.0 Å². The number of aromatic amines is 1. The van der Waals surface area contributed by atoms with Crippen LogP contribution in [0.1, 0.15) is 17.8 Å². The summed E-state index contributed by atoms with van der Waals surface area (Å²) in [4.78, 5) is 16.1. The molecule has 0 aliphatic carbocycles. The van der Waals surface area contributed by atoms with Crippen LogP contribution in [0.5, 0.6) is 0 Å². The first-order valence-electron chi connectivity index (χ1n) is 10.4. The Labute approximate surface area is 217 Å². The zero-order valence-corrected chi connectivity index (χ0v) is 22.4. The van der Waals surface area contributed by atoms with Crippen LogP contribution in [0.3, 0.4) is 0 Å². The second-order valence-electron chi connectivity index (χ2n) is 7.12. The van der Waals surface area contributed by atoms with E-state index < -0.39 is 9.84 Å². The molecule has 8 nitrogen and oxygen atoms in total. The second kappa shape index (κ2) is 13.4. The number of oxazole rings is 1. The Bertz CT molecular complexity index is 1180. The summed E-state index contributed by atoms with van der Waals surface area (Å²) in [7, 11) is -3.65. The highest BCUT2D eigenvalue weighted by Gasteiger charge is 2.19. The molecule has 0 bridgehead atoms. The fourth-order valence-electron chi connectivity index (χ4n) is 2.77. The molecule has 1 aromatic carbocycles. The van der Waals surface area contributed by atoms with E-state index in [1.165, 1.54) is 36.2 Å². The number of aryl methyl sites for hydroxylation is 1. The topological polar surface area (TPSA) is 113 Å². The number of H-pyrrole nitrogens is 1. The van der Waals surface area contributed by atoms with Gasteiger partial charge >= 0.3 is 0 Å². The van der Waals surface area contributed by atoms with Gasteiger partial charge in [-0.3, -0.25) is 4.99 Å². The molecule has 34 heavy (non-hydrogen) atoms. The SMILES string of the molecule is Cc1[nH]cnc1CSCCNC(CS(=O)(=O)c1ccc(Cl)c(Cl)c1)=NCCCSc1ncco1. The maximum atomic E-state index is 13.0. The minimum atomic E-state index is -3.65. The number of sulfone groups is 1. The standard InChI is InChI=1S/C21H25Cl2N5O3S3/c1-15-19(28-14-27-15)12-32-10-7-25-20(24-5-2-9-33-21-26-6-8-31-21)13-34(29,30)16-3-4-17(22)18(23)11-16/h3-4,6,8,11,14H,2,5,7,9-10,12-13H2,1H3,(H,24,25)(H,27,28). The molecule has 0 spiro atoms. The Kier molecular flexibility index (Phi) is 10.6. The first-order valence-corrected chi connectivity index (χ1v) is 14.9. The van der Waals surface area contributed by atoms with Crippen LogP contribution in [-0.2, 0) is 15.6 Å². The average Bonchev–Trinajstić information content (AvgIpc) is 3.46. The van der Waals surface area contributed by atoms with Gasteiger partial charge in [-0.2, -0.15) is 11.8 Å². The Morgan fingerprint density at radius 1 is 1.24 bits per heavy atom. The molecule has 0 saturated carbocycles. The Hall–Kier alpha value is -1.66. The molecule has 0 amide bonds. The predicted octanol–water partition coefficient (Wildman–Crippen LogP) is 4.89. The number of imidazole rings is 1. The number of thioether (sulfide) groups is 2. The van der Waals surface area contributed by atoms with Gasteiger partial charge in [0.2, 0.25) is 0 Å². The van der Waals surface area contributed by atoms with E-state index in [-0.39, 0.29) is 15.7 Å². The number of nitrogens with zero attached hydrogens (tertiary/aromatic N) is 3. The van der Waals surface area contributed by atoms with E-state index in [9.17, 15) is 8.42 Å². The molecule has 0 aliphatic heterocycles. The summed E-state index contributed by atoms with van der Waals surface area (Å²) in [5.74, 6) is 2.49. The smallest absolute Gasteiger partial charge is 0.255 e. The molecule has 3 aromatic rings. The number of aliphatic imine (C=N–C) groups is 1. The van der Waals surface area contributed by atoms with Gasteiger partial charge in [-0.05, 0) is 31.5 Å². The average molecular weight is 563 g/mol. The predicted molar refractivity (Wildman–Crippen MR) is 140 cm³/mol. The number of halogens is 2. The van der Waals surface area contributed by atoms with Crippen molar-refractivity contribution in [3.05, 3.63) is 58.4 Å². The van der Waals surface area contributed by atoms with Gasteiger partial charge in [0.15, 0.2) is 9.84 Å². The number of rotatable bonds is 13. The van der Waals surface area contributed by atoms with Crippen molar-refractivity contribution < 1.29 is 12.8 Å². The lowest BCUT2D eigenvalue weighted by Gasteiger charge is -2.12. The van der Waals surface area contributed by atoms with Crippen molar-refractivity contribution in [3.8, 4) is 0 Å². The molecule has 0 radical (unpaired) electrons. The molecule has 184 valence electrons. The highest BCUT2D eigenvalue weighted by atomic mass is 35.5. The minimum absolute atomic E-state index is 0.110. The Morgan fingerprint density at radius 3 is 2.79 bits per heavy atom. The van der Waals surface area contributed by atoms with Crippen molar-refractivity contribution in [1.29, 1.82) is 0 Å². The third kappa shape index (κ3) is 8.53. The summed E-state index contributed by atoms with van der Waals surface area (Å²) >= 11 is 15.2. The van der Waals surface area contributed by atoms with Crippen LogP contribution >= 0.6 is 46.7 Å². The molecule has 0 atom stereocenters. The highest BCUT2D eigenvalue weighted by molar-refractivity contribution is 7.99. The Balaban J connectivity index is 1.56. The normalized spacial score (nSPS) is 12.3. The zero-order valence-electron chi connectivity index (χ0n) is 18.5. The molecule has 0 fully saturated rings. The van der Waals surface area contributed by atoms with Gasteiger partial charge in [0.25, 0.3) is 5.22 Å². The zero-order chi connectivity index (χ0) is 24.4. The van der Waals surface area contributed by atoms with Crippen molar-refractivity contribution in [1.82, 2.24) is 20.3 Å². The van der Waals surface area contributed by atoms with E-state index >= 15 is 0 Å². The van der Waals surface area contributed by atoms with E-state index in [0.29, 0.717) is 29.2 Å². The van der Waals surface area contributed by atoms with Crippen LogP contribution in [0.2, 0.25) is 10.0 Å². The number of nitrogens with one attached hydrogen (secondary N) is 2. The van der Waals surface area contributed by atoms with Crippen LogP contribution < -0.4 is 5.32 Å². The molecule has 2 N–H and O–H groups in total. The molecule has 2 aromatic heterocycles. The van der Waals surface area contributed by atoms with E-state index in [1.54, 1.807) is 24.3 Å². The van der Waals surface area contributed by atoms with Crippen LogP contribution in [0.15, 0.2) is 56.5 Å². The lowest BCUT2D eigenvalue weighted by molar-refractivity contribution is 0.454. The van der Waals surface area contributed by atoms with Crippen LogP contribution in [0.4, 0.5) is 0 Å². The van der Waals surface area contributed by atoms with E-state index in [4.69, 9.17) is 27.6 Å². The maximum Gasteiger partial charge on any atom is 0.255 e. The first-order chi connectivity index (χ1) is 16.3. The molecule has 0 unspecified atom stereocenters. The van der Waals surface area contributed by atoms with Gasteiger partial charge in [0.1, 0.15) is 17.9 Å². The van der Waals surface area contributed by atoms with E-state index in [0.717, 1.165) is 35.1 Å². The summed E-state index contributed by atoms with van der Waals surface area (Å²) in [5.41, 5.74) is 2.07. The highest BCUT2D eigenvalue weighted by Crippen LogP contribution is 2.25. The molecule has 3 rings (SSSR count). The van der Waals surface area contributed by atoms with Crippen molar-refractivity contribution in [2.45, 2.75) is 29.2 Å². The number of amidine groups is 1.